The molecule has 0 radical (unpaired) electrons. The van der Waals surface area contributed by atoms with Crippen molar-refractivity contribution in [3.8, 4) is 10.4 Å². The molecule has 0 bridgehead atoms. The number of carbonyl (C=O) groups excluding carboxylic acids is 2. The molecule has 44 heavy (non-hydrogen) atoms. The molecule has 238 valence electrons. The van der Waals surface area contributed by atoms with Crippen molar-refractivity contribution in [2.24, 2.45) is 0 Å². The molecule has 1 aliphatic carbocycles. The Morgan fingerprint density at radius 1 is 1.07 bits per heavy atom. The molecule has 13 heteroatoms. The Balaban J connectivity index is 1.51. The van der Waals surface area contributed by atoms with Gasteiger partial charge >= 0.3 is 12.2 Å². The number of alkyl carbamates (subject to hydrolysis) is 1. The van der Waals surface area contributed by atoms with Gasteiger partial charge in [-0.05, 0) is 78.5 Å². The van der Waals surface area contributed by atoms with Crippen LogP contribution in [0.5, 0.6) is 0 Å². The first-order valence-electron chi connectivity index (χ1n) is 14.5. The van der Waals surface area contributed by atoms with Gasteiger partial charge in [0.05, 0.1) is 20.9 Å². The zero-order valence-corrected chi connectivity index (χ0v) is 27.1. The molecular formula is C31H39FN4O6S2. The lowest BCUT2D eigenvalue weighted by Gasteiger charge is -2.28. The number of hydrogen-bond acceptors (Lipinski definition) is 8. The molecule has 0 saturated heterocycles. The number of amides is 2. The quantitative estimate of drug-likeness (QED) is 0.229. The van der Waals surface area contributed by atoms with E-state index in [-0.39, 0.29) is 40.8 Å². The molecule has 1 aliphatic rings. The van der Waals surface area contributed by atoms with Crippen molar-refractivity contribution in [3.05, 3.63) is 65.0 Å². The summed E-state index contributed by atoms with van der Waals surface area (Å²) in [5.41, 5.74) is 0.108. The monoisotopic (exact) mass is 646 g/mol. The van der Waals surface area contributed by atoms with Crippen LogP contribution in [0, 0.1) is 5.82 Å². The molecule has 3 aromatic rings. The Labute approximate surface area is 261 Å². The lowest BCUT2D eigenvalue weighted by atomic mass is 9.86. The van der Waals surface area contributed by atoms with Crippen LogP contribution in [-0.2, 0) is 26.1 Å². The van der Waals surface area contributed by atoms with E-state index in [9.17, 15) is 22.4 Å². The zero-order valence-electron chi connectivity index (χ0n) is 25.5. The number of anilines is 1. The van der Waals surface area contributed by atoms with Crippen molar-refractivity contribution >= 4 is 39.2 Å². The first-order valence-corrected chi connectivity index (χ1v) is 16.8. The number of thiazole rings is 1. The lowest BCUT2D eigenvalue weighted by Crippen LogP contribution is -2.40. The first kappa shape index (κ1) is 33.3. The zero-order chi connectivity index (χ0) is 32.1. The highest BCUT2D eigenvalue weighted by Gasteiger charge is 2.29. The fourth-order valence-electron chi connectivity index (χ4n) is 4.90. The van der Waals surface area contributed by atoms with Gasteiger partial charge in [0.1, 0.15) is 12.4 Å². The summed E-state index contributed by atoms with van der Waals surface area (Å²) < 4.78 is 54.1. The number of rotatable bonds is 9. The van der Waals surface area contributed by atoms with Gasteiger partial charge in [0.15, 0.2) is 0 Å². The van der Waals surface area contributed by atoms with E-state index in [1.165, 1.54) is 35.6 Å². The molecule has 1 saturated carbocycles. The predicted molar refractivity (Wildman–Crippen MR) is 168 cm³/mol. The SMILES string of the molecule is CC(C)OC(=O)N[C@H]1CC[C@H](c2ncc(-c3ccc(NC(=O)OCc4ccccc4F)cc3S(=O)(=O)NC(C)(C)C)s2)CC1. The van der Waals surface area contributed by atoms with Crippen LogP contribution in [0.1, 0.15) is 76.8 Å². The van der Waals surface area contributed by atoms with Gasteiger partial charge in [-0.15, -0.1) is 11.3 Å². The van der Waals surface area contributed by atoms with Gasteiger partial charge < -0.3 is 14.8 Å². The third-order valence-electron chi connectivity index (χ3n) is 6.80. The summed E-state index contributed by atoms with van der Waals surface area (Å²) in [7, 11) is -4.02. The largest absolute Gasteiger partial charge is 0.447 e. The summed E-state index contributed by atoms with van der Waals surface area (Å²) in [5.74, 6) is -0.308. The van der Waals surface area contributed by atoms with Crippen LogP contribution in [0.4, 0.5) is 19.7 Å². The Bertz CT molecular complexity index is 1580. The van der Waals surface area contributed by atoms with Gasteiger partial charge in [0.25, 0.3) is 0 Å². The molecular weight excluding hydrogens is 607 g/mol. The maximum atomic E-state index is 13.9. The molecule has 1 aromatic heterocycles. The van der Waals surface area contributed by atoms with Crippen LogP contribution in [-0.4, -0.2) is 43.3 Å². The molecule has 0 spiro atoms. The number of sulfonamides is 1. The number of nitrogens with one attached hydrogen (secondary N) is 3. The molecule has 3 N–H and O–H groups in total. The minimum Gasteiger partial charge on any atom is -0.447 e. The molecule has 0 atom stereocenters. The molecule has 1 fully saturated rings. The van der Waals surface area contributed by atoms with Gasteiger partial charge in [-0.25, -0.2) is 32.1 Å². The van der Waals surface area contributed by atoms with E-state index in [1.807, 2.05) is 0 Å². The first-order chi connectivity index (χ1) is 20.7. The summed E-state index contributed by atoms with van der Waals surface area (Å²) in [6.45, 7) is 8.56. The second-order valence-electron chi connectivity index (χ2n) is 12.1. The second kappa shape index (κ2) is 14.0. The second-order valence-corrected chi connectivity index (χ2v) is 14.8. The van der Waals surface area contributed by atoms with E-state index < -0.39 is 33.6 Å². The highest BCUT2D eigenvalue weighted by atomic mass is 32.2. The summed E-state index contributed by atoms with van der Waals surface area (Å²) in [6, 6.07) is 10.6. The van der Waals surface area contributed by atoms with E-state index in [0.29, 0.717) is 10.4 Å². The number of ether oxygens (including phenoxy) is 2. The van der Waals surface area contributed by atoms with E-state index in [4.69, 9.17) is 9.47 Å². The van der Waals surface area contributed by atoms with Gasteiger partial charge in [-0.2, -0.15) is 0 Å². The van der Waals surface area contributed by atoms with E-state index in [0.717, 1.165) is 30.7 Å². The maximum absolute atomic E-state index is 13.9. The fraction of sp³-hybridized carbons (Fsp3) is 0.452. The number of hydrogen-bond donors (Lipinski definition) is 3. The van der Waals surface area contributed by atoms with Crippen molar-refractivity contribution in [2.45, 2.75) is 95.4 Å². The lowest BCUT2D eigenvalue weighted by molar-refractivity contribution is 0.109. The molecule has 2 amide bonds. The average Bonchev–Trinajstić information content (AvgIpc) is 3.41. The summed E-state index contributed by atoms with van der Waals surface area (Å²) >= 11 is 1.43. The van der Waals surface area contributed by atoms with E-state index in [1.54, 1.807) is 59.0 Å². The highest BCUT2D eigenvalue weighted by Crippen LogP contribution is 2.40. The molecule has 0 unspecified atom stereocenters. The highest BCUT2D eigenvalue weighted by molar-refractivity contribution is 7.89. The van der Waals surface area contributed by atoms with Crippen LogP contribution in [0.2, 0.25) is 0 Å². The van der Waals surface area contributed by atoms with Crippen molar-refractivity contribution in [1.29, 1.82) is 0 Å². The van der Waals surface area contributed by atoms with Crippen LogP contribution in [0.3, 0.4) is 0 Å². The number of carbonyl (C=O) groups is 2. The fourth-order valence-corrected chi connectivity index (χ4v) is 7.75. The molecule has 10 nitrogen and oxygen atoms in total. The van der Waals surface area contributed by atoms with Crippen LogP contribution < -0.4 is 15.4 Å². The summed E-state index contributed by atoms with van der Waals surface area (Å²) in [4.78, 5) is 29.8. The molecule has 2 aromatic carbocycles. The van der Waals surface area contributed by atoms with Crippen molar-refractivity contribution in [3.63, 3.8) is 0 Å². The van der Waals surface area contributed by atoms with Crippen molar-refractivity contribution in [1.82, 2.24) is 15.0 Å². The van der Waals surface area contributed by atoms with Gasteiger partial charge in [0.2, 0.25) is 10.0 Å². The topological polar surface area (TPSA) is 136 Å². The van der Waals surface area contributed by atoms with Gasteiger partial charge in [-0.3, -0.25) is 5.32 Å². The number of halogens is 1. The minimum atomic E-state index is -4.02. The smallest absolute Gasteiger partial charge is 0.411 e. The number of nitrogens with zero attached hydrogens (tertiary/aromatic N) is 1. The van der Waals surface area contributed by atoms with Gasteiger partial charge in [0, 0.05) is 40.5 Å². The Morgan fingerprint density at radius 2 is 1.77 bits per heavy atom. The summed E-state index contributed by atoms with van der Waals surface area (Å²) in [5, 5.41) is 6.37. The third-order valence-corrected chi connectivity index (χ3v) is 9.80. The normalized spacial score (nSPS) is 17.2. The summed E-state index contributed by atoms with van der Waals surface area (Å²) in [6.07, 6.45) is 3.46. The predicted octanol–water partition coefficient (Wildman–Crippen LogP) is 6.94. The molecule has 0 aliphatic heterocycles. The Morgan fingerprint density at radius 3 is 2.43 bits per heavy atom. The number of aromatic nitrogens is 1. The molecule has 4 rings (SSSR count). The van der Waals surface area contributed by atoms with Crippen molar-refractivity contribution in [2.75, 3.05) is 5.32 Å². The maximum Gasteiger partial charge on any atom is 0.411 e. The van der Waals surface area contributed by atoms with Crippen LogP contribution in [0.25, 0.3) is 10.4 Å². The minimum absolute atomic E-state index is 0.0221. The van der Waals surface area contributed by atoms with Crippen molar-refractivity contribution < 1.29 is 31.9 Å². The standard InChI is InChI=1S/C31H39FN4O6S2/c1-19(2)42-30(38)34-22-12-10-20(11-13-22)28-33-17-26(43-28)24-15-14-23(16-27(24)44(39,40)36-31(3,4)5)35-29(37)41-18-21-8-6-7-9-25(21)32/h6-9,14-17,19-20,22,36H,10-13,18H2,1-5H3,(H,34,38)(H,35,37)/t20-,22-. The number of benzene rings is 2. The average molecular weight is 647 g/mol. The van der Waals surface area contributed by atoms with Crippen LogP contribution in [0.15, 0.2) is 53.6 Å². The Kier molecular flexibility index (Phi) is 10.6. The van der Waals surface area contributed by atoms with Crippen LogP contribution >= 0.6 is 11.3 Å². The third kappa shape index (κ3) is 9.23. The molecule has 1 heterocycles. The van der Waals surface area contributed by atoms with E-state index in [2.05, 4.69) is 20.3 Å². The Hall–Kier alpha value is -3.55. The van der Waals surface area contributed by atoms with Gasteiger partial charge in [-0.1, -0.05) is 24.3 Å². The van der Waals surface area contributed by atoms with E-state index >= 15 is 0 Å².